The Kier molecular flexibility index (Phi) is 9.70. The summed E-state index contributed by atoms with van der Waals surface area (Å²) in [5, 5.41) is 17.5. The fourth-order valence-corrected chi connectivity index (χ4v) is 2.64. The van der Waals surface area contributed by atoms with Crippen molar-refractivity contribution >= 4 is 57.6 Å². The van der Waals surface area contributed by atoms with E-state index < -0.39 is 45.3 Å². The molecule has 0 spiro atoms. The Hall–Kier alpha value is -3.06. The van der Waals surface area contributed by atoms with Crippen molar-refractivity contribution in [3.63, 3.8) is 0 Å². The summed E-state index contributed by atoms with van der Waals surface area (Å²) in [5.41, 5.74) is 3.40. The molecule has 0 fully saturated rings. The van der Waals surface area contributed by atoms with E-state index in [-0.39, 0.29) is 22.1 Å². The number of anilines is 1. The number of fused-ring (bicyclic) bond motifs is 1. The number of nitrogens with two attached hydrogens (primary N) is 1. The quantitative estimate of drug-likeness (QED) is 0.147. The summed E-state index contributed by atoms with van der Waals surface area (Å²) in [5.74, 6) is -0.800. The molecule has 3 aromatic heterocycles. The van der Waals surface area contributed by atoms with Crippen molar-refractivity contribution in [1.82, 2.24) is 20.6 Å². The van der Waals surface area contributed by atoms with E-state index in [9.17, 15) is 31.1 Å². The van der Waals surface area contributed by atoms with Gasteiger partial charge in [0, 0.05) is 6.92 Å². The molecule has 3 rings (SSSR count). The highest BCUT2D eigenvalue weighted by Crippen LogP contribution is 2.38. The molecule has 0 saturated heterocycles. The number of nitriles is 1. The number of hydrogen-bond acceptors (Lipinski definition) is 8. The maximum atomic E-state index is 12.5. The average molecular weight is 554 g/mol. The van der Waals surface area contributed by atoms with Crippen LogP contribution in [0.2, 0.25) is 15.5 Å². The zero-order chi connectivity index (χ0) is 26.4. The molecule has 0 aromatic carbocycles. The monoisotopic (exact) mass is 552 g/mol. The Morgan fingerprint density at radius 2 is 1.56 bits per heavy atom. The van der Waals surface area contributed by atoms with Crippen LogP contribution in [-0.4, -0.2) is 26.2 Å². The van der Waals surface area contributed by atoms with Gasteiger partial charge in [-0.1, -0.05) is 40.0 Å². The first-order chi connectivity index (χ1) is 15.5. The average Bonchev–Trinajstić information content (AvgIpc) is 3.06. The topological polar surface area (TPSA) is 151 Å². The van der Waals surface area contributed by atoms with Gasteiger partial charge in [0.05, 0.1) is 16.5 Å². The second-order valence-corrected chi connectivity index (χ2v) is 6.81. The number of hydroxylamine groups is 1. The summed E-state index contributed by atoms with van der Waals surface area (Å²) in [7, 11) is 0. The number of nitrogens with one attached hydrogen (secondary N) is 1. The number of nitrogen functional groups attached to an aromatic ring is 1. The van der Waals surface area contributed by atoms with Crippen molar-refractivity contribution in [3.05, 3.63) is 44.3 Å². The minimum absolute atomic E-state index is 0.327. The lowest BCUT2D eigenvalue weighted by Crippen LogP contribution is -2.12. The molecule has 184 valence electrons. The van der Waals surface area contributed by atoms with E-state index in [1.165, 1.54) is 18.5 Å². The van der Waals surface area contributed by atoms with E-state index >= 15 is 0 Å². The number of alkyl halides is 6. The Balaban J connectivity index is 0.000000286. The first kappa shape index (κ1) is 29.0. The molecular formula is C16H9Cl3F6N6O3. The minimum Gasteiger partial charge on any atom is -0.380 e. The fraction of sp³-hybridized carbons (Fsp3) is 0.188. The molecule has 3 heterocycles. The van der Waals surface area contributed by atoms with E-state index in [1.54, 1.807) is 0 Å². The molecule has 34 heavy (non-hydrogen) atoms. The van der Waals surface area contributed by atoms with Gasteiger partial charge >= 0.3 is 12.4 Å². The van der Waals surface area contributed by atoms with E-state index in [1.807, 2.05) is 0 Å². The smallest absolute Gasteiger partial charge is 0.380 e. The predicted molar refractivity (Wildman–Crippen MR) is 106 cm³/mol. The Bertz CT molecular complexity index is 1230. The first-order valence-electron chi connectivity index (χ1n) is 8.05. The highest BCUT2D eigenvalue weighted by Gasteiger charge is 2.36. The van der Waals surface area contributed by atoms with Crippen LogP contribution in [0, 0.1) is 11.3 Å². The summed E-state index contributed by atoms with van der Waals surface area (Å²) in [6.07, 6.45) is -9.24. The van der Waals surface area contributed by atoms with Gasteiger partial charge in [-0.25, -0.2) is 10.5 Å². The molecule has 9 nitrogen and oxygen atoms in total. The lowest BCUT2D eigenvalue weighted by Gasteiger charge is -2.09. The molecular weight excluding hydrogens is 545 g/mol. The van der Waals surface area contributed by atoms with Crippen molar-refractivity contribution in [2.45, 2.75) is 19.3 Å². The van der Waals surface area contributed by atoms with Crippen LogP contribution in [0.3, 0.4) is 0 Å². The van der Waals surface area contributed by atoms with Crippen LogP contribution < -0.4 is 11.2 Å². The van der Waals surface area contributed by atoms with Crippen LogP contribution in [0.15, 0.2) is 16.7 Å². The number of amides is 1. The number of halogens is 9. The number of aromatic nitrogens is 3. The van der Waals surface area contributed by atoms with Crippen molar-refractivity contribution in [2.24, 2.45) is 0 Å². The SMILES string of the molecule is CC(=O)NO.N#Cc1c(C(F)(F)F)cc(Cl)nc1Cl.Nc1noc2nc(Cl)cc(C(F)(F)F)c12. The number of pyridine rings is 2. The third-order valence-corrected chi connectivity index (χ3v) is 3.93. The van der Waals surface area contributed by atoms with Gasteiger partial charge in [-0.15, -0.1) is 0 Å². The molecule has 0 radical (unpaired) electrons. The zero-order valence-electron chi connectivity index (χ0n) is 16.2. The first-order valence-corrected chi connectivity index (χ1v) is 9.18. The van der Waals surface area contributed by atoms with Crippen LogP contribution in [0.4, 0.5) is 32.2 Å². The standard InChI is InChI=1S/C7HCl2F3N2.C7H3ClF3N3O.C2H5NO2/c8-5-1-4(7(10,11)12)3(2-13)6(9)14-5;8-3-1-2(7(9,10)11)4-5(12)14-15-6(4)13-3;1-2(4)3-5/h1H;1H,(H2,12,14);5H,1H3,(H,3,4). The summed E-state index contributed by atoms with van der Waals surface area (Å²) in [6, 6.07) is 2.56. The van der Waals surface area contributed by atoms with Gasteiger partial charge in [0.1, 0.15) is 27.1 Å². The third-order valence-electron chi connectivity index (χ3n) is 3.27. The van der Waals surface area contributed by atoms with Gasteiger partial charge < -0.3 is 10.3 Å². The van der Waals surface area contributed by atoms with E-state index in [4.69, 9.17) is 51.0 Å². The number of carbonyl (C=O) groups excluding carboxylic acids is 1. The van der Waals surface area contributed by atoms with Gasteiger partial charge in [-0.05, 0) is 12.1 Å². The maximum Gasteiger partial charge on any atom is 0.417 e. The van der Waals surface area contributed by atoms with Crippen LogP contribution in [0.1, 0.15) is 23.6 Å². The molecule has 0 saturated carbocycles. The van der Waals surface area contributed by atoms with Crippen LogP contribution >= 0.6 is 34.8 Å². The van der Waals surface area contributed by atoms with Crippen molar-refractivity contribution in [2.75, 3.05) is 5.73 Å². The van der Waals surface area contributed by atoms with Crippen molar-refractivity contribution in [1.29, 1.82) is 5.26 Å². The maximum absolute atomic E-state index is 12.5. The Morgan fingerprint density at radius 1 is 1.09 bits per heavy atom. The minimum atomic E-state index is -4.67. The molecule has 0 unspecified atom stereocenters. The lowest BCUT2D eigenvalue weighted by atomic mass is 10.1. The lowest BCUT2D eigenvalue weighted by molar-refractivity contribution is -0.138. The van der Waals surface area contributed by atoms with E-state index in [0.717, 1.165) is 0 Å². The highest BCUT2D eigenvalue weighted by atomic mass is 35.5. The molecule has 0 aliphatic carbocycles. The van der Waals surface area contributed by atoms with Crippen LogP contribution in [0.5, 0.6) is 0 Å². The van der Waals surface area contributed by atoms with Gasteiger partial charge in [0.15, 0.2) is 5.82 Å². The summed E-state index contributed by atoms with van der Waals surface area (Å²) >= 11 is 16.0. The zero-order valence-corrected chi connectivity index (χ0v) is 18.5. The fourth-order valence-electron chi connectivity index (χ4n) is 1.98. The highest BCUT2D eigenvalue weighted by molar-refractivity contribution is 6.33. The van der Waals surface area contributed by atoms with Crippen LogP contribution in [0.25, 0.3) is 11.1 Å². The van der Waals surface area contributed by atoms with Gasteiger partial charge in [0.25, 0.3) is 5.71 Å². The molecule has 0 bridgehead atoms. The molecule has 18 heteroatoms. The van der Waals surface area contributed by atoms with Crippen LogP contribution in [-0.2, 0) is 17.1 Å². The molecule has 0 atom stereocenters. The second-order valence-electron chi connectivity index (χ2n) is 5.67. The van der Waals surface area contributed by atoms with Gasteiger partial charge in [0.2, 0.25) is 5.91 Å². The summed E-state index contributed by atoms with van der Waals surface area (Å²) in [6.45, 7) is 1.22. The van der Waals surface area contributed by atoms with E-state index in [0.29, 0.717) is 12.1 Å². The molecule has 0 aliphatic rings. The second kappa shape index (κ2) is 11.4. The number of hydrogen-bond donors (Lipinski definition) is 3. The van der Waals surface area contributed by atoms with E-state index in [2.05, 4.69) is 19.6 Å². The number of rotatable bonds is 0. The molecule has 0 aliphatic heterocycles. The molecule has 1 amide bonds. The Morgan fingerprint density at radius 3 is 2.00 bits per heavy atom. The number of carbonyl (C=O) groups is 1. The predicted octanol–water partition coefficient (Wildman–Crippen LogP) is 5.27. The molecule has 3 aromatic rings. The van der Waals surface area contributed by atoms with Gasteiger partial charge in [-0.3, -0.25) is 10.0 Å². The Labute approximate surface area is 200 Å². The molecule has 4 N–H and O–H groups in total. The third kappa shape index (κ3) is 7.76. The summed E-state index contributed by atoms with van der Waals surface area (Å²) < 4.78 is 79.0. The van der Waals surface area contributed by atoms with Crippen molar-refractivity contribution < 1.29 is 40.9 Å². The van der Waals surface area contributed by atoms with Crippen molar-refractivity contribution in [3.8, 4) is 6.07 Å². The van der Waals surface area contributed by atoms with Gasteiger partial charge in [-0.2, -0.15) is 36.6 Å². The largest absolute Gasteiger partial charge is 0.417 e. The number of nitrogens with zero attached hydrogens (tertiary/aromatic N) is 4. The normalized spacial score (nSPS) is 11.0. The summed E-state index contributed by atoms with van der Waals surface area (Å²) in [4.78, 5) is 16.3.